The Morgan fingerprint density at radius 2 is 0.899 bits per heavy atom. The second-order valence-electron chi connectivity index (χ2n) is 21.6. The lowest BCUT2D eigenvalue weighted by Crippen LogP contribution is -2.26. The summed E-state index contributed by atoms with van der Waals surface area (Å²) in [6.07, 6.45) is 0. The molecule has 0 saturated heterocycles. The van der Waals surface area contributed by atoms with Gasteiger partial charge in [0.1, 0.15) is 11.2 Å². The van der Waals surface area contributed by atoms with E-state index in [-0.39, 0.29) is 10.8 Å². The number of rotatable bonds is 6. The number of hydrogen-bond donors (Lipinski definition) is 0. The Labute approximate surface area is 407 Å². The van der Waals surface area contributed by atoms with Crippen LogP contribution in [0.3, 0.4) is 0 Å². The summed E-state index contributed by atoms with van der Waals surface area (Å²) in [7, 11) is 0. The summed E-state index contributed by atoms with van der Waals surface area (Å²) in [5.74, 6) is 0. The monoisotopic (exact) mass is 894 g/mol. The van der Waals surface area contributed by atoms with Crippen molar-refractivity contribution in [2.75, 3.05) is 9.80 Å². The van der Waals surface area contributed by atoms with E-state index in [1.165, 1.54) is 66.8 Å². The zero-order valence-electron chi connectivity index (χ0n) is 41.2. The van der Waals surface area contributed by atoms with Crippen molar-refractivity contribution in [3.8, 4) is 22.3 Å². The molecule has 12 rings (SSSR count). The van der Waals surface area contributed by atoms with E-state index in [4.69, 9.17) is 4.42 Å². The zero-order valence-corrected chi connectivity index (χ0v) is 41.2. The maximum absolute atomic E-state index is 7.32. The highest BCUT2D eigenvalue weighted by Gasteiger charge is 2.53. The van der Waals surface area contributed by atoms with E-state index in [0.717, 1.165) is 61.6 Å². The Hall–Kier alpha value is -7.62. The number of anilines is 6. The highest BCUT2D eigenvalue weighted by Crippen LogP contribution is 2.66. The molecule has 0 saturated carbocycles. The fourth-order valence-corrected chi connectivity index (χ4v) is 11.6. The summed E-state index contributed by atoms with van der Waals surface area (Å²) < 4.78 is 7.32. The van der Waals surface area contributed by atoms with Crippen LogP contribution in [-0.4, -0.2) is 0 Å². The van der Waals surface area contributed by atoms with E-state index in [1.54, 1.807) is 0 Å². The van der Waals surface area contributed by atoms with E-state index < -0.39 is 5.41 Å². The highest BCUT2D eigenvalue weighted by atomic mass is 16.3. The Balaban J connectivity index is 1.20. The molecule has 0 unspecified atom stereocenters. The van der Waals surface area contributed by atoms with Gasteiger partial charge in [0.05, 0.1) is 16.5 Å². The SMILES string of the molecule is Cc1ccc(N(c2ccc(C(C)(C)C)cc2)c2cc3c(c4oc5ccccc5c24)-c2ccc(N(c4ccc(C(C)(C)C)cc4)c4cc(C)cc(C)c4)cc2C32c3ccccc3-c3ccccc32)cc1. The van der Waals surface area contributed by atoms with Crippen molar-refractivity contribution in [1.29, 1.82) is 0 Å². The second-order valence-corrected chi connectivity index (χ2v) is 21.6. The standard InChI is InChI=1S/C66H58N2O/c1-41-22-28-47(29-23-41)68(48-32-26-45(27-33-48)65(7,8)9)59-40-58-61(63-62(59)54-18-12-15-21-60(54)69-63)53-35-34-49(39-57(53)66(58)55-19-13-10-16-51(55)52-17-11-14-20-56(52)66)67(50-37-42(2)36-43(3)38-50)46-30-24-44(25-31-46)64(4,5)6/h10-40H,1-9H3. The largest absolute Gasteiger partial charge is 0.455 e. The fraction of sp³-hybridized carbons (Fsp3) is 0.182. The zero-order chi connectivity index (χ0) is 47.6. The van der Waals surface area contributed by atoms with Crippen LogP contribution in [0.25, 0.3) is 44.2 Å². The van der Waals surface area contributed by atoms with Gasteiger partial charge in [0.2, 0.25) is 0 Å². The van der Waals surface area contributed by atoms with Crippen molar-refractivity contribution < 1.29 is 4.42 Å². The third-order valence-corrected chi connectivity index (χ3v) is 14.9. The van der Waals surface area contributed by atoms with Crippen LogP contribution >= 0.6 is 0 Å². The van der Waals surface area contributed by atoms with Crippen molar-refractivity contribution in [3.63, 3.8) is 0 Å². The number of furan rings is 1. The summed E-state index contributed by atoms with van der Waals surface area (Å²) in [4.78, 5) is 4.92. The van der Waals surface area contributed by atoms with Crippen molar-refractivity contribution in [2.45, 2.75) is 78.6 Å². The summed E-state index contributed by atoms with van der Waals surface area (Å²) >= 11 is 0. The molecular weight excluding hydrogens is 837 g/mol. The predicted octanol–water partition coefficient (Wildman–Crippen LogP) is 18.4. The molecule has 0 fully saturated rings. The molecule has 0 aliphatic heterocycles. The van der Waals surface area contributed by atoms with Gasteiger partial charge in [-0.2, -0.15) is 0 Å². The van der Waals surface area contributed by atoms with Crippen molar-refractivity contribution in [1.82, 2.24) is 0 Å². The lowest BCUT2D eigenvalue weighted by Gasteiger charge is -2.33. The first-order valence-corrected chi connectivity index (χ1v) is 24.5. The van der Waals surface area contributed by atoms with E-state index in [0.29, 0.717) is 0 Å². The first-order chi connectivity index (χ1) is 33.2. The minimum atomic E-state index is -0.672. The maximum atomic E-state index is 7.32. The predicted molar refractivity (Wildman–Crippen MR) is 291 cm³/mol. The molecule has 3 nitrogen and oxygen atoms in total. The van der Waals surface area contributed by atoms with Gasteiger partial charge in [-0.05, 0) is 166 Å². The second kappa shape index (κ2) is 15.5. The Morgan fingerprint density at radius 1 is 0.391 bits per heavy atom. The van der Waals surface area contributed by atoms with Crippen molar-refractivity contribution >= 4 is 56.1 Å². The molecule has 1 heterocycles. The van der Waals surface area contributed by atoms with E-state index >= 15 is 0 Å². The molecule has 10 aromatic rings. The van der Waals surface area contributed by atoms with E-state index in [2.05, 4.69) is 260 Å². The smallest absolute Gasteiger partial charge is 0.145 e. The fourth-order valence-electron chi connectivity index (χ4n) is 11.6. The van der Waals surface area contributed by atoms with Crippen LogP contribution in [-0.2, 0) is 16.2 Å². The van der Waals surface area contributed by atoms with Gasteiger partial charge in [-0.25, -0.2) is 0 Å². The lowest BCUT2D eigenvalue weighted by atomic mass is 9.70. The molecule has 0 radical (unpaired) electrons. The Kier molecular flexibility index (Phi) is 9.57. The average Bonchev–Trinajstić information content (AvgIpc) is 3.96. The molecule has 2 aliphatic rings. The molecule has 0 atom stereocenters. The van der Waals surface area contributed by atoms with Crippen LogP contribution in [0.5, 0.6) is 0 Å². The molecule has 0 bridgehead atoms. The number of benzene rings is 9. The van der Waals surface area contributed by atoms with Crippen LogP contribution in [0.4, 0.5) is 34.1 Å². The summed E-state index contributed by atoms with van der Waals surface area (Å²) in [5.41, 5.74) is 24.0. The van der Waals surface area contributed by atoms with Crippen LogP contribution in [0.15, 0.2) is 192 Å². The third kappa shape index (κ3) is 6.61. The van der Waals surface area contributed by atoms with Crippen molar-refractivity contribution in [3.05, 3.63) is 238 Å². The minimum absolute atomic E-state index is 0.0126. The number of fused-ring (bicyclic) bond motifs is 14. The maximum Gasteiger partial charge on any atom is 0.145 e. The number of aryl methyl sites for hydroxylation is 3. The topological polar surface area (TPSA) is 19.6 Å². The number of para-hydroxylation sites is 1. The van der Waals surface area contributed by atoms with Gasteiger partial charge >= 0.3 is 0 Å². The Morgan fingerprint density at radius 3 is 1.48 bits per heavy atom. The molecular formula is C66H58N2O. The lowest BCUT2D eigenvalue weighted by molar-refractivity contribution is 0.590. The van der Waals surface area contributed by atoms with Crippen LogP contribution in [0.1, 0.15) is 91.6 Å². The minimum Gasteiger partial charge on any atom is -0.455 e. The van der Waals surface area contributed by atoms with Gasteiger partial charge < -0.3 is 14.2 Å². The number of hydrogen-bond acceptors (Lipinski definition) is 3. The van der Waals surface area contributed by atoms with Crippen LogP contribution in [0.2, 0.25) is 0 Å². The van der Waals surface area contributed by atoms with Crippen molar-refractivity contribution in [2.24, 2.45) is 0 Å². The van der Waals surface area contributed by atoms with Crippen LogP contribution in [0, 0.1) is 20.8 Å². The van der Waals surface area contributed by atoms with Crippen LogP contribution < -0.4 is 9.80 Å². The normalized spacial score (nSPS) is 13.4. The number of nitrogens with zero attached hydrogens (tertiary/aromatic N) is 2. The van der Waals surface area contributed by atoms with Gasteiger partial charge in [-0.15, -0.1) is 0 Å². The molecule has 3 heteroatoms. The van der Waals surface area contributed by atoms with Gasteiger partial charge in [0.15, 0.2) is 0 Å². The van der Waals surface area contributed by atoms with Gasteiger partial charge in [-0.1, -0.05) is 162 Å². The molecule has 338 valence electrons. The average molecular weight is 895 g/mol. The summed E-state index contributed by atoms with van der Waals surface area (Å²) in [5, 5.41) is 2.20. The van der Waals surface area contributed by atoms with Gasteiger partial charge in [-0.3, -0.25) is 0 Å². The molecule has 69 heavy (non-hydrogen) atoms. The van der Waals surface area contributed by atoms with E-state index in [9.17, 15) is 0 Å². The third-order valence-electron chi connectivity index (χ3n) is 14.9. The molecule has 2 aliphatic carbocycles. The molecule has 9 aromatic carbocycles. The summed E-state index contributed by atoms with van der Waals surface area (Å²) in [6.45, 7) is 20.3. The van der Waals surface area contributed by atoms with Gasteiger partial charge in [0, 0.05) is 39.4 Å². The first-order valence-electron chi connectivity index (χ1n) is 24.5. The quantitative estimate of drug-likeness (QED) is 0.166. The van der Waals surface area contributed by atoms with E-state index in [1.807, 2.05) is 0 Å². The first kappa shape index (κ1) is 42.7. The highest BCUT2D eigenvalue weighted by molar-refractivity contribution is 6.20. The molecule has 1 aromatic heterocycles. The molecule has 0 N–H and O–H groups in total. The Bertz CT molecular complexity index is 3590. The summed E-state index contributed by atoms with van der Waals surface area (Å²) in [6, 6.07) is 70.9. The molecule has 0 amide bonds. The van der Waals surface area contributed by atoms with Gasteiger partial charge in [0.25, 0.3) is 0 Å². The molecule has 1 spiro atoms.